The molecular weight excluding hydrogens is 176 g/mol. The highest BCUT2D eigenvalue weighted by molar-refractivity contribution is 5.23. The number of rotatable bonds is 4. The van der Waals surface area contributed by atoms with E-state index in [4.69, 9.17) is 5.53 Å². The molecule has 0 amide bonds. The van der Waals surface area contributed by atoms with Crippen molar-refractivity contribution in [1.82, 2.24) is 4.90 Å². The van der Waals surface area contributed by atoms with Crippen molar-refractivity contribution >= 4 is 0 Å². The van der Waals surface area contributed by atoms with Gasteiger partial charge >= 0.3 is 0 Å². The van der Waals surface area contributed by atoms with E-state index >= 15 is 0 Å². The number of benzene rings is 1. The van der Waals surface area contributed by atoms with Gasteiger partial charge in [0.05, 0.1) is 6.54 Å². The predicted molar refractivity (Wildman–Crippen MR) is 56.7 cm³/mol. The van der Waals surface area contributed by atoms with Crippen LogP contribution in [-0.4, -0.2) is 19.0 Å². The first-order valence-corrected chi connectivity index (χ1v) is 4.46. The van der Waals surface area contributed by atoms with Crippen LogP contribution < -0.4 is 0 Å². The number of azide groups is 1. The Morgan fingerprint density at radius 1 is 1.36 bits per heavy atom. The van der Waals surface area contributed by atoms with Gasteiger partial charge in [0, 0.05) is 11.5 Å². The van der Waals surface area contributed by atoms with Gasteiger partial charge < -0.3 is 4.90 Å². The Kier molecular flexibility index (Phi) is 3.98. The van der Waals surface area contributed by atoms with Gasteiger partial charge in [-0.15, -0.1) is 0 Å². The average molecular weight is 190 g/mol. The monoisotopic (exact) mass is 190 g/mol. The molecule has 0 N–H and O–H groups in total. The van der Waals surface area contributed by atoms with E-state index in [2.05, 4.69) is 27.1 Å². The molecule has 0 aliphatic heterocycles. The van der Waals surface area contributed by atoms with Crippen LogP contribution in [0.15, 0.2) is 29.4 Å². The molecule has 4 heteroatoms. The highest BCUT2D eigenvalue weighted by Crippen LogP contribution is 2.08. The Labute approximate surface area is 83.8 Å². The standard InChI is InChI=1S/C10H14N4/c1-14(2)8-10-5-3-4-9(6-10)7-12-13-11/h3-6H,7-8H2,1-2H3. The average Bonchev–Trinajstić information content (AvgIpc) is 2.14. The lowest BCUT2D eigenvalue weighted by molar-refractivity contribution is 0.402. The third-order valence-corrected chi connectivity index (χ3v) is 1.81. The quantitative estimate of drug-likeness (QED) is 0.409. The van der Waals surface area contributed by atoms with Crippen molar-refractivity contribution in [2.24, 2.45) is 5.11 Å². The van der Waals surface area contributed by atoms with Gasteiger partial charge in [-0.3, -0.25) is 0 Å². The van der Waals surface area contributed by atoms with Gasteiger partial charge in [0.25, 0.3) is 0 Å². The lowest BCUT2D eigenvalue weighted by Gasteiger charge is -2.09. The predicted octanol–water partition coefficient (Wildman–Crippen LogP) is 2.56. The number of hydrogen-bond acceptors (Lipinski definition) is 2. The third kappa shape index (κ3) is 3.47. The fourth-order valence-electron chi connectivity index (χ4n) is 1.30. The van der Waals surface area contributed by atoms with Crippen molar-refractivity contribution in [3.8, 4) is 0 Å². The summed E-state index contributed by atoms with van der Waals surface area (Å²) in [5.41, 5.74) is 10.5. The molecule has 0 heterocycles. The van der Waals surface area contributed by atoms with E-state index < -0.39 is 0 Å². The molecule has 0 bridgehead atoms. The molecule has 0 saturated carbocycles. The zero-order valence-corrected chi connectivity index (χ0v) is 8.51. The molecule has 74 valence electrons. The van der Waals surface area contributed by atoms with Crippen molar-refractivity contribution in [3.63, 3.8) is 0 Å². The van der Waals surface area contributed by atoms with Crippen molar-refractivity contribution in [1.29, 1.82) is 0 Å². The summed E-state index contributed by atoms with van der Waals surface area (Å²) in [6.45, 7) is 1.34. The topological polar surface area (TPSA) is 52.0 Å². The van der Waals surface area contributed by atoms with Gasteiger partial charge in [-0.2, -0.15) is 0 Å². The van der Waals surface area contributed by atoms with Gasteiger partial charge in [0.15, 0.2) is 0 Å². The first kappa shape index (κ1) is 10.6. The summed E-state index contributed by atoms with van der Waals surface area (Å²) in [5, 5.41) is 3.53. The van der Waals surface area contributed by atoms with Gasteiger partial charge in [0.2, 0.25) is 0 Å². The molecule has 0 unspecified atom stereocenters. The molecule has 1 aromatic carbocycles. The Hall–Kier alpha value is -1.51. The van der Waals surface area contributed by atoms with Crippen LogP contribution in [0.3, 0.4) is 0 Å². The molecule has 0 aliphatic rings. The fourth-order valence-corrected chi connectivity index (χ4v) is 1.30. The summed E-state index contributed by atoms with van der Waals surface area (Å²) in [4.78, 5) is 4.84. The molecule has 1 rings (SSSR count). The second kappa shape index (κ2) is 5.27. The van der Waals surface area contributed by atoms with E-state index in [1.165, 1.54) is 5.56 Å². The first-order valence-electron chi connectivity index (χ1n) is 4.46. The van der Waals surface area contributed by atoms with Gasteiger partial charge in [-0.05, 0) is 30.8 Å². The van der Waals surface area contributed by atoms with Crippen LogP contribution in [0.25, 0.3) is 10.4 Å². The SMILES string of the molecule is CN(C)Cc1cccc(CN=[N+]=[N-])c1. The van der Waals surface area contributed by atoms with Crippen LogP contribution in [0.1, 0.15) is 11.1 Å². The van der Waals surface area contributed by atoms with Crippen molar-refractivity contribution in [2.75, 3.05) is 14.1 Å². The van der Waals surface area contributed by atoms with Crippen molar-refractivity contribution in [2.45, 2.75) is 13.1 Å². The van der Waals surface area contributed by atoms with E-state index in [-0.39, 0.29) is 0 Å². The summed E-state index contributed by atoms with van der Waals surface area (Å²) in [6.07, 6.45) is 0. The summed E-state index contributed by atoms with van der Waals surface area (Å²) in [7, 11) is 4.06. The zero-order valence-electron chi connectivity index (χ0n) is 8.51. The Morgan fingerprint density at radius 3 is 2.71 bits per heavy atom. The number of hydrogen-bond donors (Lipinski definition) is 0. The number of nitrogens with zero attached hydrogens (tertiary/aromatic N) is 4. The van der Waals surface area contributed by atoms with E-state index in [9.17, 15) is 0 Å². The van der Waals surface area contributed by atoms with Crippen LogP contribution in [-0.2, 0) is 13.1 Å². The molecule has 0 aromatic heterocycles. The second-order valence-corrected chi connectivity index (χ2v) is 3.45. The molecule has 4 nitrogen and oxygen atoms in total. The van der Waals surface area contributed by atoms with Gasteiger partial charge in [-0.25, -0.2) is 0 Å². The maximum Gasteiger partial charge on any atom is 0.0510 e. The lowest BCUT2D eigenvalue weighted by atomic mass is 10.1. The van der Waals surface area contributed by atoms with Gasteiger partial charge in [0.1, 0.15) is 0 Å². The summed E-state index contributed by atoms with van der Waals surface area (Å²) >= 11 is 0. The third-order valence-electron chi connectivity index (χ3n) is 1.81. The maximum atomic E-state index is 8.19. The largest absolute Gasteiger partial charge is 0.305 e. The van der Waals surface area contributed by atoms with E-state index in [1.807, 2.05) is 26.2 Å². The molecule has 0 atom stereocenters. The second-order valence-electron chi connectivity index (χ2n) is 3.45. The van der Waals surface area contributed by atoms with Crippen LogP contribution >= 0.6 is 0 Å². The Morgan fingerprint density at radius 2 is 2.07 bits per heavy atom. The maximum absolute atomic E-state index is 8.19. The highest BCUT2D eigenvalue weighted by Gasteiger charge is 1.96. The molecule has 0 spiro atoms. The van der Waals surface area contributed by atoms with Crippen LogP contribution in [0.2, 0.25) is 0 Å². The van der Waals surface area contributed by atoms with E-state index in [0.29, 0.717) is 6.54 Å². The minimum Gasteiger partial charge on any atom is -0.305 e. The van der Waals surface area contributed by atoms with Crippen LogP contribution in [0.5, 0.6) is 0 Å². The van der Waals surface area contributed by atoms with Gasteiger partial charge in [-0.1, -0.05) is 29.4 Å². The summed E-state index contributed by atoms with van der Waals surface area (Å²) in [5.74, 6) is 0. The Bertz CT molecular complexity index is 340. The molecule has 0 fully saturated rings. The normalized spacial score (nSPS) is 9.93. The molecule has 0 radical (unpaired) electrons. The molecule has 14 heavy (non-hydrogen) atoms. The van der Waals surface area contributed by atoms with Crippen molar-refractivity contribution in [3.05, 3.63) is 45.8 Å². The van der Waals surface area contributed by atoms with Crippen LogP contribution in [0, 0.1) is 0 Å². The van der Waals surface area contributed by atoms with Crippen molar-refractivity contribution < 1.29 is 0 Å². The molecular formula is C10H14N4. The minimum atomic E-state index is 0.428. The summed E-state index contributed by atoms with van der Waals surface area (Å²) in [6, 6.07) is 8.09. The minimum absolute atomic E-state index is 0.428. The smallest absolute Gasteiger partial charge is 0.0510 e. The highest BCUT2D eigenvalue weighted by atomic mass is 15.1. The first-order chi connectivity index (χ1) is 6.72. The summed E-state index contributed by atoms with van der Waals surface area (Å²) < 4.78 is 0. The van der Waals surface area contributed by atoms with Crippen LogP contribution in [0.4, 0.5) is 0 Å². The zero-order chi connectivity index (χ0) is 10.4. The Balaban J connectivity index is 2.73. The molecule has 1 aromatic rings. The lowest BCUT2D eigenvalue weighted by Crippen LogP contribution is -2.10. The fraction of sp³-hybridized carbons (Fsp3) is 0.400. The van der Waals surface area contributed by atoms with E-state index in [0.717, 1.165) is 12.1 Å². The molecule has 0 saturated heterocycles. The van der Waals surface area contributed by atoms with E-state index in [1.54, 1.807) is 0 Å². The molecule has 0 aliphatic carbocycles.